The molecule has 1 unspecified atom stereocenters. The molecule has 0 fully saturated rings. The quantitative estimate of drug-likeness (QED) is 0.464. The lowest BCUT2D eigenvalue weighted by atomic mass is 9.90. The number of carbonyl (C=O) groups excluding carboxylic acids is 1. The molecule has 0 aromatic heterocycles. The summed E-state index contributed by atoms with van der Waals surface area (Å²) in [5.41, 5.74) is -0.826. The fourth-order valence-corrected chi connectivity index (χ4v) is 1.74. The summed E-state index contributed by atoms with van der Waals surface area (Å²) in [4.78, 5) is 22.1. The Hall–Kier alpha value is -2.29. The summed E-state index contributed by atoms with van der Waals surface area (Å²) < 4.78 is 13.0. The molecule has 0 aliphatic heterocycles. The third-order valence-corrected chi connectivity index (χ3v) is 2.60. The molecule has 0 aliphatic rings. The maximum absolute atomic E-state index is 13.0. The van der Waals surface area contributed by atoms with Crippen LogP contribution in [0.5, 0.6) is 0 Å². The number of ketones is 1. The van der Waals surface area contributed by atoms with Gasteiger partial charge in [0.1, 0.15) is 11.7 Å². The lowest BCUT2D eigenvalue weighted by molar-refractivity contribution is -0.385. The summed E-state index contributed by atoms with van der Waals surface area (Å²) in [5, 5.41) is 19.8. The average molecular weight is 264 g/mol. The SMILES string of the molecule is CC(C)CC(C#N)C(=O)c1ccc(F)cc1[N+](=O)[O-]. The van der Waals surface area contributed by atoms with E-state index in [0.29, 0.717) is 12.5 Å². The van der Waals surface area contributed by atoms with E-state index in [-0.39, 0.29) is 11.5 Å². The van der Waals surface area contributed by atoms with Gasteiger partial charge < -0.3 is 0 Å². The van der Waals surface area contributed by atoms with Crippen LogP contribution in [0.1, 0.15) is 30.6 Å². The molecule has 0 amide bonds. The van der Waals surface area contributed by atoms with Gasteiger partial charge in [0.2, 0.25) is 0 Å². The fraction of sp³-hybridized carbons (Fsp3) is 0.385. The van der Waals surface area contributed by atoms with Crippen LogP contribution in [0, 0.1) is 39.1 Å². The predicted molar refractivity (Wildman–Crippen MR) is 65.9 cm³/mol. The normalized spacial score (nSPS) is 11.9. The molecule has 0 aliphatic carbocycles. The van der Waals surface area contributed by atoms with Gasteiger partial charge >= 0.3 is 0 Å². The first-order chi connectivity index (χ1) is 8.86. The molecule has 0 heterocycles. The Kier molecular flexibility index (Phi) is 4.70. The minimum absolute atomic E-state index is 0.105. The van der Waals surface area contributed by atoms with Crippen LogP contribution in [0.3, 0.4) is 0 Å². The average Bonchev–Trinajstić information content (AvgIpc) is 2.34. The number of hydrogen-bond donors (Lipinski definition) is 0. The molecular formula is C13H13FN2O3. The molecule has 6 heteroatoms. The summed E-state index contributed by atoms with van der Waals surface area (Å²) >= 11 is 0. The summed E-state index contributed by atoms with van der Waals surface area (Å²) in [6.45, 7) is 3.69. The molecular weight excluding hydrogens is 251 g/mol. The van der Waals surface area contributed by atoms with E-state index in [1.807, 2.05) is 19.9 Å². The standard InChI is InChI=1S/C13H13FN2O3/c1-8(2)5-9(7-15)13(17)11-4-3-10(14)6-12(11)16(18)19/h3-4,6,8-9H,5H2,1-2H3. The first-order valence-electron chi connectivity index (χ1n) is 5.74. The van der Waals surface area contributed by atoms with Gasteiger partial charge in [-0.15, -0.1) is 0 Å². The molecule has 0 radical (unpaired) electrons. The highest BCUT2D eigenvalue weighted by Gasteiger charge is 2.27. The van der Waals surface area contributed by atoms with E-state index in [4.69, 9.17) is 5.26 Å². The zero-order valence-corrected chi connectivity index (χ0v) is 10.6. The van der Waals surface area contributed by atoms with Gasteiger partial charge in [-0.25, -0.2) is 4.39 Å². The molecule has 0 saturated carbocycles. The Morgan fingerprint density at radius 1 is 1.53 bits per heavy atom. The van der Waals surface area contributed by atoms with Crippen LogP contribution < -0.4 is 0 Å². The van der Waals surface area contributed by atoms with E-state index < -0.39 is 28.1 Å². The number of nitriles is 1. The highest BCUT2D eigenvalue weighted by molar-refractivity contribution is 6.02. The van der Waals surface area contributed by atoms with Crippen molar-refractivity contribution in [2.45, 2.75) is 20.3 Å². The molecule has 5 nitrogen and oxygen atoms in total. The molecule has 1 aromatic carbocycles. The van der Waals surface area contributed by atoms with Crippen LogP contribution in [0.2, 0.25) is 0 Å². The van der Waals surface area contributed by atoms with Gasteiger partial charge in [-0.2, -0.15) is 5.26 Å². The lowest BCUT2D eigenvalue weighted by Gasteiger charge is -2.10. The van der Waals surface area contributed by atoms with Crippen molar-refractivity contribution >= 4 is 11.5 Å². The second kappa shape index (κ2) is 6.05. The number of nitrogens with zero attached hydrogens (tertiary/aromatic N) is 2. The third-order valence-electron chi connectivity index (χ3n) is 2.60. The monoisotopic (exact) mass is 264 g/mol. The van der Waals surface area contributed by atoms with Crippen LogP contribution in [0.25, 0.3) is 0 Å². The summed E-state index contributed by atoms with van der Waals surface area (Å²) in [6, 6.07) is 4.57. The fourth-order valence-electron chi connectivity index (χ4n) is 1.74. The maximum atomic E-state index is 13.0. The molecule has 100 valence electrons. The van der Waals surface area contributed by atoms with E-state index in [1.165, 1.54) is 0 Å². The van der Waals surface area contributed by atoms with Gasteiger partial charge in [-0.05, 0) is 24.5 Å². The van der Waals surface area contributed by atoms with Crippen LogP contribution in [-0.4, -0.2) is 10.7 Å². The molecule has 1 rings (SSSR count). The van der Waals surface area contributed by atoms with Crippen molar-refractivity contribution in [2.24, 2.45) is 11.8 Å². The Bertz CT molecular complexity index is 549. The highest BCUT2D eigenvalue weighted by Crippen LogP contribution is 2.25. The van der Waals surface area contributed by atoms with Crippen LogP contribution >= 0.6 is 0 Å². The van der Waals surface area contributed by atoms with Crippen LogP contribution in [0.15, 0.2) is 18.2 Å². The smallest absolute Gasteiger partial charge is 0.283 e. The van der Waals surface area contributed by atoms with E-state index >= 15 is 0 Å². The molecule has 1 aromatic rings. The van der Waals surface area contributed by atoms with Gasteiger partial charge in [0, 0.05) is 0 Å². The number of Topliss-reactive ketones (excluding diaryl/α,β-unsaturated/α-hetero) is 1. The van der Waals surface area contributed by atoms with Gasteiger partial charge in [0.05, 0.1) is 22.6 Å². The van der Waals surface area contributed by atoms with Crippen LogP contribution in [0.4, 0.5) is 10.1 Å². The van der Waals surface area contributed by atoms with Crippen molar-refractivity contribution in [1.82, 2.24) is 0 Å². The summed E-state index contributed by atoms with van der Waals surface area (Å²) in [7, 11) is 0. The number of nitro benzene ring substituents is 1. The number of halogens is 1. The van der Waals surface area contributed by atoms with Crippen molar-refractivity contribution in [3.05, 3.63) is 39.7 Å². The number of benzene rings is 1. The number of hydrogen-bond acceptors (Lipinski definition) is 4. The Morgan fingerprint density at radius 3 is 2.63 bits per heavy atom. The molecule has 0 spiro atoms. The van der Waals surface area contributed by atoms with Gasteiger partial charge in [0.15, 0.2) is 5.78 Å². The predicted octanol–water partition coefficient (Wildman–Crippen LogP) is 3.10. The zero-order valence-electron chi connectivity index (χ0n) is 10.6. The first-order valence-corrected chi connectivity index (χ1v) is 5.74. The van der Waals surface area contributed by atoms with E-state index in [2.05, 4.69) is 0 Å². The highest BCUT2D eigenvalue weighted by atomic mass is 19.1. The van der Waals surface area contributed by atoms with Crippen molar-refractivity contribution in [2.75, 3.05) is 0 Å². The Labute approximate surface area is 109 Å². The topological polar surface area (TPSA) is 84.0 Å². The minimum Gasteiger partial charge on any atom is -0.292 e. The molecule has 0 saturated heterocycles. The number of nitro groups is 1. The lowest BCUT2D eigenvalue weighted by Crippen LogP contribution is -2.16. The van der Waals surface area contributed by atoms with Crippen molar-refractivity contribution in [3.8, 4) is 6.07 Å². The molecule has 0 bridgehead atoms. The maximum Gasteiger partial charge on any atom is 0.283 e. The molecule has 1 atom stereocenters. The van der Waals surface area contributed by atoms with E-state index in [0.717, 1.165) is 12.1 Å². The largest absolute Gasteiger partial charge is 0.292 e. The summed E-state index contributed by atoms with van der Waals surface area (Å²) in [5.74, 6) is -2.28. The molecule has 0 N–H and O–H groups in total. The number of carbonyl (C=O) groups is 1. The van der Waals surface area contributed by atoms with Crippen LogP contribution in [-0.2, 0) is 0 Å². The number of rotatable bonds is 5. The Morgan fingerprint density at radius 2 is 2.16 bits per heavy atom. The van der Waals surface area contributed by atoms with Crippen molar-refractivity contribution < 1.29 is 14.1 Å². The van der Waals surface area contributed by atoms with E-state index in [9.17, 15) is 19.3 Å². The van der Waals surface area contributed by atoms with Crippen molar-refractivity contribution in [1.29, 1.82) is 5.26 Å². The van der Waals surface area contributed by atoms with Gasteiger partial charge in [-0.3, -0.25) is 14.9 Å². The van der Waals surface area contributed by atoms with Gasteiger partial charge in [0.25, 0.3) is 5.69 Å². The first kappa shape index (κ1) is 14.8. The minimum atomic E-state index is -0.954. The second-order valence-corrected chi connectivity index (χ2v) is 4.59. The third kappa shape index (κ3) is 3.58. The summed E-state index contributed by atoms with van der Waals surface area (Å²) in [6.07, 6.45) is 0.309. The second-order valence-electron chi connectivity index (χ2n) is 4.59. The van der Waals surface area contributed by atoms with E-state index in [1.54, 1.807) is 0 Å². The Balaban J connectivity index is 3.19. The zero-order chi connectivity index (χ0) is 14.6. The van der Waals surface area contributed by atoms with Gasteiger partial charge in [-0.1, -0.05) is 13.8 Å². The van der Waals surface area contributed by atoms with Crippen molar-refractivity contribution in [3.63, 3.8) is 0 Å². The molecule has 19 heavy (non-hydrogen) atoms.